The fourth-order valence-electron chi connectivity index (χ4n) is 4.24. The molecular formula is C20H28N4O2S. The minimum atomic E-state index is 0.192. The third kappa shape index (κ3) is 3.94. The molecule has 27 heavy (non-hydrogen) atoms. The quantitative estimate of drug-likeness (QED) is 0.756. The van der Waals surface area contributed by atoms with Gasteiger partial charge in [-0.25, -0.2) is 0 Å². The molecule has 1 saturated carbocycles. The first kappa shape index (κ1) is 18.6. The van der Waals surface area contributed by atoms with Crippen LogP contribution in [-0.4, -0.2) is 45.0 Å². The van der Waals surface area contributed by atoms with Crippen molar-refractivity contribution >= 4 is 17.2 Å². The van der Waals surface area contributed by atoms with Crippen LogP contribution in [0.4, 0.5) is 0 Å². The van der Waals surface area contributed by atoms with Crippen LogP contribution in [0.5, 0.6) is 0 Å². The summed E-state index contributed by atoms with van der Waals surface area (Å²) in [4.78, 5) is 16.7. The topological polar surface area (TPSA) is 62.5 Å². The Hall–Kier alpha value is -1.73. The van der Waals surface area contributed by atoms with Crippen LogP contribution in [0.2, 0.25) is 0 Å². The van der Waals surface area contributed by atoms with Crippen LogP contribution in [0.3, 0.4) is 0 Å². The van der Waals surface area contributed by atoms with Crippen molar-refractivity contribution in [1.82, 2.24) is 20.0 Å². The Labute approximate surface area is 164 Å². The number of rotatable bonds is 6. The van der Waals surface area contributed by atoms with Crippen LogP contribution < -0.4 is 0 Å². The molecule has 0 aromatic carbocycles. The summed E-state index contributed by atoms with van der Waals surface area (Å²) < 4.78 is 5.75. The molecule has 4 rings (SSSR count). The second kappa shape index (κ2) is 7.36. The largest absolute Gasteiger partial charge is 0.424 e. The Bertz CT molecular complexity index is 778. The molecule has 146 valence electrons. The lowest BCUT2D eigenvalue weighted by Gasteiger charge is -2.34. The van der Waals surface area contributed by atoms with Gasteiger partial charge in [0.25, 0.3) is 0 Å². The Balaban J connectivity index is 1.32. The van der Waals surface area contributed by atoms with Crippen LogP contribution in [0.1, 0.15) is 63.3 Å². The number of piperidine rings is 1. The van der Waals surface area contributed by atoms with E-state index in [1.165, 1.54) is 5.56 Å². The molecule has 1 spiro atoms. The van der Waals surface area contributed by atoms with Gasteiger partial charge in [-0.2, -0.15) is 11.3 Å². The second-order valence-electron chi connectivity index (χ2n) is 8.33. The maximum Gasteiger partial charge on any atom is 0.230 e. The number of nitrogens with zero attached hydrogens (tertiary/aromatic N) is 4. The van der Waals surface area contributed by atoms with Crippen molar-refractivity contribution in [3.05, 3.63) is 34.2 Å². The Morgan fingerprint density at radius 2 is 2.19 bits per heavy atom. The van der Waals surface area contributed by atoms with Gasteiger partial charge in [-0.1, -0.05) is 13.8 Å². The zero-order valence-electron chi connectivity index (χ0n) is 16.4. The zero-order chi connectivity index (χ0) is 19.0. The molecule has 2 aromatic rings. The lowest BCUT2D eigenvalue weighted by molar-refractivity contribution is -0.130. The van der Waals surface area contributed by atoms with Crippen LogP contribution >= 0.6 is 11.3 Å². The molecule has 1 amide bonds. The molecule has 1 atom stereocenters. The lowest BCUT2D eigenvalue weighted by atomic mass is 9.92. The molecule has 2 aliphatic rings. The van der Waals surface area contributed by atoms with Crippen molar-refractivity contribution in [1.29, 1.82) is 0 Å². The first-order valence-corrected chi connectivity index (χ1v) is 10.7. The van der Waals surface area contributed by atoms with Crippen LogP contribution in [0.15, 0.2) is 21.2 Å². The Kier molecular flexibility index (Phi) is 5.07. The highest BCUT2D eigenvalue weighted by molar-refractivity contribution is 7.07. The van der Waals surface area contributed by atoms with E-state index in [1.807, 2.05) is 0 Å². The minimum absolute atomic E-state index is 0.192. The fraction of sp³-hybridized carbons (Fsp3) is 0.650. The molecule has 1 aliphatic carbocycles. The number of carbonyl (C=O) groups is 1. The SMILES string of the molecule is CC(=O)N(Cc1ccsc1)C1CC12CCN(Cc1nnc(C(C)C)o1)CC2. The van der Waals surface area contributed by atoms with Crippen LogP contribution in [-0.2, 0) is 17.9 Å². The number of hydrogen-bond donors (Lipinski definition) is 0. The molecule has 3 heterocycles. The van der Waals surface area contributed by atoms with Gasteiger partial charge >= 0.3 is 0 Å². The molecule has 1 aliphatic heterocycles. The molecular weight excluding hydrogens is 360 g/mol. The molecule has 0 radical (unpaired) electrons. The molecule has 0 bridgehead atoms. The normalized spacial score (nSPS) is 21.7. The summed E-state index contributed by atoms with van der Waals surface area (Å²) in [7, 11) is 0. The predicted octanol–water partition coefficient (Wildman–Crippen LogP) is 3.66. The second-order valence-corrected chi connectivity index (χ2v) is 9.11. The first-order valence-electron chi connectivity index (χ1n) is 9.80. The van der Waals surface area contributed by atoms with E-state index < -0.39 is 0 Å². The fourth-order valence-corrected chi connectivity index (χ4v) is 4.90. The number of hydrogen-bond acceptors (Lipinski definition) is 6. The molecule has 7 heteroatoms. The van der Waals surface area contributed by atoms with Gasteiger partial charge < -0.3 is 9.32 Å². The summed E-state index contributed by atoms with van der Waals surface area (Å²) in [6.07, 6.45) is 3.41. The molecule has 0 N–H and O–H groups in total. The molecule has 6 nitrogen and oxygen atoms in total. The van der Waals surface area contributed by atoms with Crippen LogP contribution in [0.25, 0.3) is 0 Å². The summed E-state index contributed by atoms with van der Waals surface area (Å²) in [5.74, 6) is 1.89. The van der Waals surface area contributed by atoms with Gasteiger partial charge in [0.2, 0.25) is 17.7 Å². The summed E-state index contributed by atoms with van der Waals surface area (Å²) in [6, 6.07) is 2.52. The first-order chi connectivity index (χ1) is 13.0. The summed E-state index contributed by atoms with van der Waals surface area (Å²) >= 11 is 1.69. The Morgan fingerprint density at radius 1 is 1.41 bits per heavy atom. The highest BCUT2D eigenvalue weighted by Crippen LogP contribution is 2.57. The van der Waals surface area contributed by atoms with Gasteiger partial charge in [-0.3, -0.25) is 9.69 Å². The highest BCUT2D eigenvalue weighted by Gasteiger charge is 2.58. The number of aromatic nitrogens is 2. The third-order valence-corrected chi connectivity index (χ3v) is 6.78. The van der Waals surface area contributed by atoms with E-state index in [0.717, 1.165) is 45.4 Å². The predicted molar refractivity (Wildman–Crippen MR) is 104 cm³/mol. The van der Waals surface area contributed by atoms with Gasteiger partial charge in [0.15, 0.2) is 0 Å². The van der Waals surface area contributed by atoms with E-state index >= 15 is 0 Å². The lowest BCUT2D eigenvalue weighted by Crippen LogP contribution is -2.39. The van der Waals surface area contributed by atoms with Crippen molar-refractivity contribution in [3.63, 3.8) is 0 Å². The number of amides is 1. The van der Waals surface area contributed by atoms with Crippen molar-refractivity contribution < 1.29 is 9.21 Å². The summed E-state index contributed by atoms with van der Waals surface area (Å²) in [6.45, 7) is 9.36. The number of likely N-dealkylation sites (tertiary alicyclic amines) is 1. The monoisotopic (exact) mass is 388 g/mol. The number of carbonyl (C=O) groups excluding carboxylic acids is 1. The van der Waals surface area contributed by atoms with E-state index in [-0.39, 0.29) is 11.8 Å². The maximum atomic E-state index is 12.2. The summed E-state index contributed by atoms with van der Waals surface area (Å²) in [5, 5.41) is 12.5. The maximum absolute atomic E-state index is 12.2. The van der Waals surface area contributed by atoms with E-state index in [0.29, 0.717) is 23.2 Å². The van der Waals surface area contributed by atoms with Crippen molar-refractivity contribution in [2.45, 2.75) is 65.1 Å². The average Bonchev–Trinajstić information content (AvgIpc) is 3.03. The highest BCUT2D eigenvalue weighted by atomic mass is 32.1. The van der Waals surface area contributed by atoms with Gasteiger partial charge in [0, 0.05) is 25.4 Å². The third-order valence-electron chi connectivity index (χ3n) is 6.05. The minimum Gasteiger partial charge on any atom is -0.424 e. The van der Waals surface area contributed by atoms with E-state index in [2.05, 4.69) is 50.7 Å². The van der Waals surface area contributed by atoms with Crippen molar-refractivity contribution in [3.8, 4) is 0 Å². The van der Waals surface area contributed by atoms with Crippen LogP contribution in [0, 0.1) is 5.41 Å². The molecule has 2 fully saturated rings. The van der Waals surface area contributed by atoms with E-state index in [9.17, 15) is 4.79 Å². The van der Waals surface area contributed by atoms with E-state index in [1.54, 1.807) is 18.3 Å². The molecule has 1 unspecified atom stereocenters. The standard InChI is InChI=1S/C20H28N4O2S/c1-14(2)19-22-21-18(26-19)12-23-7-5-20(6-8-23)10-17(20)24(15(3)25)11-16-4-9-27-13-16/h4,9,13-14,17H,5-8,10-12H2,1-3H3. The smallest absolute Gasteiger partial charge is 0.230 e. The van der Waals surface area contributed by atoms with Crippen molar-refractivity contribution in [2.75, 3.05) is 13.1 Å². The molecule has 1 saturated heterocycles. The summed E-state index contributed by atoms with van der Waals surface area (Å²) in [5.41, 5.74) is 1.56. The molecule has 2 aromatic heterocycles. The zero-order valence-corrected chi connectivity index (χ0v) is 17.2. The van der Waals surface area contributed by atoms with Gasteiger partial charge in [0.1, 0.15) is 0 Å². The Morgan fingerprint density at radius 3 is 2.78 bits per heavy atom. The van der Waals surface area contributed by atoms with Crippen molar-refractivity contribution in [2.24, 2.45) is 5.41 Å². The average molecular weight is 389 g/mol. The van der Waals surface area contributed by atoms with Gasteiger partial charge in [0.05, 0.1) is 6.54 Å². The van der Waals surface area contributed by atoms with Gasteiger partial charge in [-0.05, 0) is 60.2 Å². The number of thiophene rings is 1. The van der Waals surface area contributed by atoms with E-state index in [4.69, 9.17) is 4.42 Å². The van der Waals surface area contributed by atoms with Gasteiger partial charge in [-0.15, -0.1) is 10.2 Å².